The number of furan rings is 1. The van der Waals surface area contributed by atoms with Crippen molar-refractivity contribution < 1.29 is 18.8 Å². The van der Waals surface area contributed by atoms with Gasteiger partial charge in [-0.25, -0.2) is 0 Å². The smallest absolute Gasteiger partial charge is 0.291 e. The number of hydrogen-bond acceptors (Lipinski definition) is 5. The lowest BCUT2D eigenvalue weighted by Crippen LogP contribution is -2.22. The zero-order valence-electron chi connectivity index (χ0n) is 15.5. The maximum absolute atomic E-state index is 12.3. The molecule has 0 spiro atoms. The lowest BCUT2D eigenvalue weighted by molar-refractivity contribution is -0.114. The summed E-state index contributed by atoms with van der Waals surface area (Å²) in [5, 5.41) is 8.81. The second kappa shape index (κ2) is 9.07. The number of carbonyl (C=O) groups is 3. The van der Waals surface area contributed by atoms with Crippen LogP contribution in [0.4, 0.5) is 17.1 Å². The first-order valence-electron chi connectivity index (χ1n) is 8.71. The highest BCUT2D eigenvalue weighted by Gasteiger charge is 2.13. The molecular formula is C21H18ClN3O4. The third-order valence-electron chi connectivity index (χ3n) is 3.97. The fourth-order valence-electron chi connectivity index (χ4n) is 2.56. The molecule has 3 N–H and O–H groups in total. The van der Waals surface area contributed by atoms with E-state index in [4.69, 9.17) is 16.0 Å². The standard InChI is InChI=1S/C21H18ClN3O4/c1-13(26)14-4-2-5-16(10-14)24-20(27)12-23-17-8-7-15(22)11-18(17)25-21(28)19-6-3-9-29-19/h2-11,23H,12H2,1H3,(H,24,27)(H,25,28). The van der Waals surface area contributed by atoms with Crippen LogP contribution in [0.25, 0.3) is 0 Å². The van der Waals surface area contributed by atoms with Gasteiger partial charge < -0.3 is 20.4 Å². The van der Waals surface area contributed by atoms with Gasteiger partial charge in [0.05, 0.1) is 24.2 Å². The maximum Gasteiger partial charge on any atom is 0.291 e. The summed E-state index contributed by atoms with van der Waals surface area (Å²) < 4.78 is 5.08. The predicted molar refractivity (Wildman–Crippen MR) is 112 cm³/mol. The van der Waals surface area contributed by atoms with E-state index < -0.39 is 5.91 Å². The van der Waals surface area contributed by atoms with E-state index >= 15 is 0 Å². The number of ketones is 1. The summed E-state index contributed by atoms with van der Waals surface area (Å²) in [4.78, 5) is 35.9. The minimum atomic E-state index is -0.439. The van der Waals surface area contributed by atoms with Crippen LogP contribution in [0.3, 0.4) is 0 Å². The summed E-state index contributed by atoms with van der Waals surface area (Å²) in [7, 11) is 0. The molecule has 0 radical (unpaired) electrons. The minimum absolute atomic E-state index is 0.0600. The number of nitrogens with one attached hydrogen (secondary N) is 3. The summed E-state index contributed by atoms with van der Waals surface area (Å²) in [5.74, 6) is -0.689. The molecule has 7 nitrogen and oxygen atoms in total. The summed E-state index contributed by atoms with van der Waals surface area (Å²) >= 11 is 6.03. The van der Waals surface area contributed by atoms with Crippen LogP contribution in [-0.2, 0) is 4.79 Å². The Kier molecular flexibility index (Phi) is 6.31. The number of Topliss-reactive ketones (excluding diaryl/α,β-unsaturated/α-hetero) is 1. The first-order chi connectivity index (χ1) is 13.9. The molecule has 0 saturated carbocycles. The zero-order valence-corrected chi connectivity index (χ0v) is 16.2. The van der Waals surface area contributed by atoms with Gasteiger partial charge in [0.15, 0.2) is 11.5 Å². The Labute approximate surface area is 172 Å². The Bertz CT molecular complexity index is 1050. The van der Waals surface area contributed by atoms with Crippen LogP contribution in [0.2, 0.25) is 5.02 Å². The molecule has 0 unspecified atom stereocenters. The van der Waals surface area contributed by atoms with E-state index in [-0.39, 0.29) is 24.0 Å². The Morgan fingerprint density at radius 1 is 0.966 bits per heavy atom. The molecule has 148 valence electrons. The van der Waals surface area contributed by atoms with Crippen LogP contribution in [-0.4, -0.2) is 24.1 Å². The number of halogens is 1. The topological polar surface area (TPSA) is 100 Å². The van der Waals surface area contributed by atoms with Crippen molar-refractivity contribution in [3.05, 3.63) is 77.2 Å². The van der Waals surface area contributed by atoms with Crippen LogP contribution < -0.4 is 16.0 Å². The summed E-state index contributed by atoms with van der Waals surface area (Å²) in [6, 6.07) is 14.7. The highest BCUT2D eigenvalue weighted by atomic mass is 35.5. The Morgan fingerprint density at radius 3 is 2.52 bits per heavy atom. The van der Waals surface area contributed by atoms with Crippen molar-refractivity contribution in [3.8, 4) is 0 Å². The Balaban J connectivity index is 1.65. The van der Waals surface area contributed by atoms with Gasteiger partial charge in [0.2, 0.25) is 5.91 Å². The fraction of sp³-hybridized carbons (Fsp3) is 0.0952. The van der Waals surface area contributed by atoms with E-state index in [9.17, 15) is 14.4 Å². The number of rotatable bonds is 7. The van der Waals surface area contributed by atoms with E-state index in [0.29, 0.717) is 27.6 Å². The van der Waals surface area contributed by atoms with E-state index in [2.05, 4.69) is 16.0 Å². The molecule has 0 aliphatic rings. The predicted octanol–water partition coefficient (Wildman–Crippen LogP) is 4.44. The second-order valence-electron chi connectivity index (χ2n) is 6.16. The van der Waals surface area contributed by atoms with E-state index in [1.54, 1.807) is 48.5 Å². The molecule has 0 saturated heterocycles. The Morgan fingerprint density at radius 2 is 1.79 bits per heavy atom. The molecule has 1 aromatic heterocycles. The molecule has 0 aliphatic carbocycles. The van der Waals surface area contributed by atoms with Crippen molar-refractivity contribution in [3.63, 3.8) is 0 Å². The van der Waals surface area contributed by atoms with Crippen molar-refractivity contribution >= 4 is 46.3 Å². The third kappa shape index (κ3) is 5.46. The zero-order chi connectivity index (χ0) is 20.8. The van der Waals surface area contributed by atoms with Crippen LogP contribution in [0.15, 0.2) is 65.3 Å². The van der Waals surface area contributed by atoms with Crippen molar-refractivity contribution in [2.24, 2.45) is 0 Å². The van der Waals surface area contributed by atoms with Gasteiger partial charge in [0, 0.05) is 16.3 Å². The number of hydrogen-bond donors (Lipinski definition) is 3. The van der Waals surface area contributed by atoms with Crippen LogP contribution in [0.1, 0.15) is 27.8 Å². The summed E-state index contributed by atoms with van der Waals surface area (Å²) in [6.45, 7) is 1.40. The second-order valence-corrected chi connectivity index (χ2v) is 6.60. The molecule has 0 bridgehead atoms. The van der Waals surface area contributed by atoms with Crippen LogP contribution in [0, 0.1) is 0 Å². The van der Waals surface area contributed by atoms with Crippen LogP contribution in [0.5, 0.6) is 0 Å². The van der Waals surface area contributed by atoms with E-state index in [1.807, 2.05) is 0 Å². The lowest BCUT2D eigenvalue weighted by atomic mass is 10.1. The summed E-state index contributed by atoms with van der Waals surface area (Å²) in [6.07, 6.45) is 1.40. The molecule has 3 rings (SSSR count). The number of benzene rings is 2. The molecule has 2 amide bonds. The van der Waals surface area contributed by atoms with Crippen molar-refractivity contribution in [1.29, 1.82) is 0 Å². The van der Waals surface area contributed by atoms with Gasteiger partial charge in [-0.2, -0.15) is 0 Å². The lowest BCUT2D eigenvalue weighted by Gasteiger charge is -2.13. The number of anilines is 3. The van der Waals surface area contributed by atoms with Crippen molar-refractivity contribution in [1.82, 2.24) is 0 Å². The third-order valence-corrected chi connectivity index (χ3v) is 4.20. The van der Waals surface area contributed by atoms with Crippen LogP contribution >= 0.6 is 11.6 Å². The van der Waals surface area contributed by atoms with E-state index in [1.165, 1.54) is 19.3 Å². The minimum Gasteiger partial charge on any atom is -0.459 e. The van der Waals surface area contributed by atoms with Gasteiger partial charge in [-0.1, -0.05) is 23.7 Å². The average molecular weight is 412 g/mol. The van der Waals surface area contributed by atoms with Gasteiger partial charge in [-0.05, 0) is 49.4 Å². The highest BCUT2D eigenvalue weighted by Crippen LogP contribution is 2.26. The highest BCUT2D eigenvalue weighted by molar-refractivity contribution is 6.31. The Hall–Kier alpha value is -3.58. The van der Waals surface area contributed by atoms with Gasteiger partial charge in [-0.15, -0.1) is 0 Å². The van der Waals surface area contributed by atoms with Gasteiger partial charge in [0.1, 0.15) is 0 Å². The first kappa shape index (κ1) is 20.2. The molecule has 0 aliphatic heterocycles. The monoisotopic (exact) mass is 411 g/mol. The van der Waals surface area contributed by atoms with Gasteiger partial charge in [0.25, 0.3) is 5.91 Å². The normalized spacial score (nSPS) is 10.3. The number of carbonyl (C=O) groups excluding carboxylic acids is 3. The SMILES string of the molecule is CC(=O)c1cccc(NC(=O)CNc2ccc(Cl)cc2NC(=O)c2ccco2)c1. The van der Waals surface area contributed by atoms with Gasteiger partial charge in [-0.3, -0.25) is 14.4 Å². The first-order valence-corrected chi connectivity index (χ1v) is 9.09. The average Bonchev–Trinajstić information content (AvgIpc) is 3.22. The summed E-state index contributed by atoms with van der Waals surface area (Å²) in [5.41, 5.74) is 1.95. The quantitative estimate of drug-likeness (QED) is 0.499. The van der Waals surface area contributed by atoms with Crippen molar-refractivity contribution in [2.75, 3.05) is 22.5 Å². The van der Waals surface area contributed by atoms with Crippen molar-refractivity contribution in [2.45, 2.75) is 6.92 Å². The van der Waals surface area contributed by atoms with E-state index in [0.717, 1.165) is 0 Å². The molecular weight excluding hydrogens is 394 g/mol. The largest absolute Gasteiger partial charge is 0.459 e. The molecule has 0 atom stereocenters. The van der Waals surface area contributed by atoms with Gasteiger partial charge >= 0.3 is 0 Å². The molecule has 8 heteroatoms. The molecule has 29 heavy (non-hydrogen) atoms. The maximum atomic E-state index is 12.3. The molecule has 3 aromatic rings. The fourth-order valence-corrected chi connectivity index (χ4v) is 2.73. The number of amides is 2. The molecule has 2 aromatic carbocycles. The molecule has 1 heterocycles. The molecule has 0 fully saturated rings.